The van der Waals surface area contributed by atoms with Gasteiger partial charge in [-0.1, -0.05) is 105 Å². The largest absolute Gasteiger partial charge is 0.134 e. The van der Waals surface area contributed by atoms with Crippen LogP contribution in [0.5, 0.6) is 0 Å². The molecule has 6 aromatic rings. The van der Waals surface area contributed by atoms with Crippen LogP contribution in [0.15, 0.2) is 84.9 Å². The standard InChI is InChI=1S/C33H30S2/c1-3-4-5-6-7-23-10-14-25(15-11-23)27-17-19-29-31(21-27)35-32-28-18-16-26(20-30(28)34-33(29)32)24-12-8-22(2)9-13-24/h8-21H,3-7H2,1-2H3. The van der Waals surface area contributed by atoms with Gasteiger partial charge in [-0.3, -0.25) is 0 Å². The van der Waals surface area contributed by atoms with Crippen LogP contribution in [-0.2, 0) is 6.42 Å². The summed E-state index contributed by atoms with van der Waals surface area (Å²) in [6.45, 7) is 4.41. The highest BCUT2D eigenvalue weighted by Crippen LogP contribution is 2.45. The summed E-state index contributed by atoms with van der Waals surface area (Å²) in [7, 11) is 0. The highest BCUT2D eigenvalue weighted by Gasteiger charge is 2.14. The lowest BCUT2D eigenvalue weighted by Crippen LogP contribution is -1.86. The van der Waals surface area contributed by atoms with Crippen LogP contribution in [0.25, 0.3) is 51.8 Å². The Morgan fingerprint density at radius 1 is 0.543 bits per heavy atom. The Hall–Kier alpha value is -2.94. The molecule has 2 heteroatoms. The molecule has 0 amide bonds. The Kier molecular flexibility index (Phi) is 6.18. The van der Waals surface area contributed by atoms with Crippen LogP contribution in [0.2, 0.25) is 0 Å². The number of unbranched alkanes of at least 4 members (excludes halogenated alkanes) is 3. The number of thiophene rings is 2. The second kappa shape index (κ2) is 9.60. The van der Waals surface area contributed by atoms with Crippen molar-refractivity contribution in [2.45, 2.75) is 46.0 Å². The number of hydrogen-bond donors (Lipinski definition) is 0. The summed E-state index contributed by atoms with van der Waals surface area (Å²) in [4.78, 5) is 0. The molecule has 0 atom stereocenters. The number of hydrogen-bond acceptors (Lipinski definition) is 2. The summed E-state index contributed by atoms with van der Waals surface area (Å²) in [5.74, 6) is 0. The average molecular weight is 491 g/mol. The number of aryl methyl sites for hydroxylation is 2. The third-order valence-corrected chi connectivity index (χ3v) is 9.57. The van der Waals surface area contributed by atoms with E-state index in [0.29, 0.717) is 0 Å². The monoisotopic (exact) mass is 490 g/mol. The zero-order chi connectivity index (χ0) is 23.8. The molecule has 35 heavy (non-hydrogen) atoms. The fraction of sp³-hybridized carbons (Fsp3) is 0.212. The molecule has 174 valence electrons. The maximum atomic E-state index is 2.38. The molecule has 0 N–H and O–H groups in total. The molecule has 2 heterocycles. The number of benzene rings is 4. The van der Waals surface area contributed by atoms with Crippen LogP contribution in [-0.4, -0.2) is 0 Å². The Bertz CT molecular complexity index is 1610. The van der Waals surface area contributed by atoms with E-state index in [1.54, 1.807) is 0 Å². The van der Waals surface area contributed by atoms with Gasteiger partial charge in [0.05, 0.1) is 9.40 Å². The van der Waals surface area contributed by atoms with Crippen molar-refractivity contribution in [3.63, 3.8) is 0 Å². The molecule has 0 nitrogen and oxygen atoms in total. The van der Waals surface area contributed by atoms with Crippen LogP contribution < -0.4 is 0 Å². The number of rotatable bonds is 7. The first-order chi connectivity index (χ1) is 17.2. The van der Waals surface area contributed by atoms with Crippen molar-refractivity contribution in [1.82, 2.24) is 0 Å². The van der Waals surface area contributed by atoms with Crippen molar-refractivity contribution >= 4 is 52.2 Å². The Labute approximate surface area is 215 Å². The minimum Gasteiger partial charge on any atom is -0.134 e. The van der Waals surface area contributed by atoms with E-state index < -0.39 is 0 Å². The molecule has 6 rings (SSSR count). The maximum absolute atomic E-state index is 2.38. The van der Waals surface area contributed by atoms with Crippen LogP contribution in [0.1, 0.15) is 43.7 Å². The third kappa shape index (κ3) is 4.42. The molecule has 0 bridgehead atoms. The molecular weight excluding hydrogens is 460 g/mol. The van der Waals surface area contributed by atoms with Gasteiger partial charge in [0.15, 0.2) is 0 Å². The van der Waals surface area contributed by atoms with Crippen molar-refractivity contribution in [3.05, 3.63) is 96.1 Å². The third-order valence-electron chi connectivity index (χ3n) is 7.07. The van der Waals surface area contributed by atoms with E-state index in [0.717, 1.165) is 0 Å². The van der Waals surface area contributed by atoms with Gasteiger partial charge in [0.1, 0.15) is 0 Å². The first-order valence-corrected chi connectivity index (χ1v) is 14.4. The topological polar surface area (TPSA) is 0 Å². The van der Waals surface area contributed by atoms with Crippen LogP contribution >= 0.6 is 22.7 Å². The summed E-state index contributed by atoms with van der Waals surface area (Å²) < 4.78 is 5.62. The molecule has 0 unspecified atom stereocenters. The van der Waals surface area contributed by atoms with E-state index >= 15 is 0 Å². The summed E-state index contributed by atoms with van der Waals surface area (Å²) in [5, 5.41) is 2.77. The zero-order valence-electron chi connectivity index (χ0n) is 20.4. The van der Waals surface area contributed by atoms with Crippen LogP contribution in [0.4, 0.5) is 0 Å². The van der Waals surface area contributed by atoms with E-state index in [9.17, 15) is 0 Å². The lowest BCUT2D eigenvalue weighted by atomic mass is 10.0. The van der Waals surface area contributed by atoms with E-state index in [4.69, 9.17) is 0 Å². The normalized spacial score (nSPS) is 11.7. The van der Waals surface area contributed by atoms with Crippen LogP contribution in [0, 0.1) is 6.92 Å². The maximum Gasteiger partial charge on any atom is 0.0542 e. The van der Waals surface area contributed by atoms with Gasteiger partial charge in [-0.15, -0.1) is 22.7 Å². The van der Waals surface area contributed by atoms with Gasteiger partial charge >= 0.3 is 0 Å². The van der Waals surface area contributed by atoms with Gasteiger partial charge in [-0.05, 0) is 59.7 Å². The molecule has 0 aliphatic heterocycles. The Balaban J connectivity index is 1.30. The van der Waals surface area contributed by atoms with Gasteiger partial charge < -0.3 is 0 Å². The highest BCUT2D eigenvalue weighted by atomic mass is 32.1. The van der Waals surface area contributed by atoms with Crippen molar-refractivity contribution < 1.29 is 0 Å². The Morgan fingerprint density at radius 2 is 1.06 bits per heavy atom. The lowest BCUT2D eigenvalue weighted by Gasteiger charge is -2.05. The molecular formula is C33H30S2. The minimum absolute atomic E-state index is 1.19. The van der Waals surface area contributed by atoms with Gasteiger partial charge in [-0.25, -0.2) is 0 Å². The lowest BCUT2D eigenvalue weighted by molar-refractivity contribution is 0.667. The fourth-order valence-electron chi connectivity index (χ4n) is 4.98. The van der Waals surface area contributed by atoms with Gasteiger partial charge in [0.2, 0.25) is 0 Å². The molecule has 2 aromatic heterocycles. The predicted molar refractivity (Wildman–Crippen MR) is 158 cm³/mol. The minimum atomic E-state index is 1.19. The second-order valence-electron chi connectivity index (χ2n) is 9.66. The second-order valence-corrected chi connectivity index (χ2v) is 11.8. The molecule has 0 aliphatic rings. The summed E-state index contributed by atoms with van der Waals surface area (Å²) >= 11 is 3.87. The quantitative estimate of drug-likeness (QED) is 0.195. The highest BCUT2D eigenvalue weighted by molar-refractivity contribution is 7.36. The fourth-order valence-corrected chi connectivity index (χ4v) is 7.71. The van der Waals surface area contributed by atoms with E-state index in [-0.39, 0.29) is 0 Å². The average Bonchev–Trinajstić information content (AvgIpc) is 3.42. The molecule has 0 aliphatic carbocycles. The van der Waals surface area contributed by atoms with Gasteiger partial charge in [0.25, 0.3) is 0 Å². The molecule has 0 saturated carbocycles. The zero-order valence-corrected chi connectivity index (χ0v) is 22.1. The summed E-state index contributed by atoms with van der Waals surface area (Å²) in [6, 6.07) is 32.0. The number of fused-ring (bicyclic) bond motifs is 5. The summed E-state index contributed by atoms with van der Waals surface area (Å²) in [5.41, 5.74) is 7.97. The molecule has 0 fully saturated rings. The van der Waals surface area contributed by atoms with E-state index in [2.05, 4.69) is 98.8 Å². The summed E-state index contributed by atoms with van der Waals surface area (Å²) in [6.07, 6.45) is 6.48. The van der Waals surface area contributed by atoms with Crippen molar-refractivity contribution in [2.75, 3.05) is 0 Å². The molecule has 0 spiro atoms. The molecule has 0 saturated heterocycles. The SMILES string of the molecule is CCCCCCc1ccc(-c2ccc3c(c2)sc2c4ccc(-c5ccc(C)cc5)cc4sc32)cc1. The van der Waals surface area contributed by atoms with E-state index in [1.807, 2.05) is 22.7 Å². The van der Waals surface area contributed by atoms with Gasteiger partial charge in [0, 0.05) is 20.2 Å². The van der Waals surface area contributed by atoms with Crippen molar-refractivity contribution in [3.8, 4) is 22.3 Å². The van der Waals surface area contributed by atoms with E-state index in [1.165, 1.54) is 95.1 Å². The first-order valence-electron chi connectivity index (χ1n) is 12.7. The van der Waals surface area contributed by atoms with Crippen molar-refractivity contribution in [2.24, 2.45) is 0 Å². The first kappa shape index (κ1) is 22.5. The smallest absolute Gasteiger partial charge is 0.0542 e. The molecule has 4 aromatic carbocycles. The van der Waals surface area contributed by atoms with Crippen LogP contribution in [0.3, 0.4) is 0 Å². The Morgan fingerprint density at radius 3 is 1.60 bits per heavy atom. The van der Waals surface area contributed by atoms with Gasteiger partial charge in [-0.2, -0.15) is 0 Å². The van der Waals surface area contributed by atoms with Crippen molar-refractivity contribution in [1.29, 1.82) is 0 Å². The predicted octanol–water partition coefficient (Wildman–Crippen LogP) is 11.0. The molecule has 0 radical (unpaired) electrons.